The molecule has 9 atom stereocenters. The molecule has 2 aliphatic rings. The highest BCUT2D eigenvalue weighted by atomic mass is 16.8. The maximum Gasteiger partial charge on any atom is 0.224 e. The number of ether oxygens (including phenoxy) is 10. The van der Waals surface area contributed by atoms with Crippen molar-refractivity contribution in [1.29, 1.82) is 0 Å². The summed E-state index contributed by atoms with van der Waals surface area (Å²) < 4.78 is 72.0. The standard InChI is InChI=1S/C72H80N2O11/c75-43-44-76-54-65-67(79-50-60-33-17-5-18-34-60)70(82-53-63-39-23-8-24-40-63)72(84-65,55-77-48-58-29-13-3-14-30-58)85-71-69(81-52-62-37-21-7-22-38-62)68(80-51-61-35-19-6-20-36-61)66(78-49-59-31-15-4-16-32-59)64(83-71)47-74(46-57-27-11-2-12-28-57)42-41-73-45-56-25-9-1-10-26-56/h1-40,64-71,73,75H,41-55H2/t64-,65-,66-,67-,68+,69-,70+,71-,72+/m1/s1. The van der Waals surface area contributed by atoms with E-state index in [0.29, 0.717) is 26.2 Å². The van der Waals surface area contributed by atoms with Crippen molar-refractivity contribution >= 4 is 0 Å². The van der Waals surface area contributed by atoms with Crippen LogP contribution in [-0.2, 0) is 100 Å². The van der Waals surface area contributed by atoms with Crippen molar-refractivity contribution in [1.82, 2.24) is 10.2 Å². The van der Waals surface area contributed by atoms with Gasteiger partial charge >= 0.3 is 0 Å². The Kier molecular flexibility index (Phi) is 24.0. The molecule has 2 aliphatic heterocycles. The molecular formula is C72H80N2O11. The lowest BCUT2D eigenvalue weighted by molar-refractivity contribution is -0.397. The summed E-state index contributed by atoms with van der Waals surface area (Å²) in [7, 11) is 0. The van der Waals surface area contributed by atoms with Crippen LogP contribution in [0.5, 0.6) is 0 Å². The van der Waals surface area contributed by atoms with Crippen LogP contribution >= 0.6 is 0 Å². The zero-order valence-electron chi connectivity index (χ0n) is 48.3. The predicted molar refractivity (Wildman–Crippen MR) is 326 cm³/mol. The van der Waals surface area contributed by atoms with Crippen LogP contribution in [0.25, 0.3) is 0 Å². The highest BCUT2D eigenvalue weighted by Gasteiger charge is 2.62. The van der Waals surface area contributed by atoms with Gasteiger partial charge in [0, 0.05) is 32.7 Å². The van der Waals surface area contributed by atoms with Gasteiger partial charge in [-0.2, -0.15) is 0 Å². The van der Waals surface area contributed by atoms with E-state index in [4.69, 9.17) is 47.4 Å². The molecule has 8 aromatic carbocycles. The van der Waals surface area contributed by atoms with Crippen molar-refractivity contribution in [2.75, 3.05) is 46.1 Å². The van der Waals surface area contributed by atoms with Crippen molar-refractivity contribution in [2.24, 2.45) is 0 Å². The Morgan fingerprint density at radius 3 is 1.32 bits per heavy atom. The minimum absolute atomic E-state index is 0.0437. The molecule has 444 valence electrons. The van der Waals surface area contributed by atoms with Crippen LogP contribution in [-0.4, -0.2) is 111 Å². The smallest absolute Gasteiger partial charge is 0.224 e. The lowest BCUT2D eigenvalue weighted by Gasteiger charge is -2.49. The minimum Gasteiger partial charge on any atom is -0.394 e. The van der Waals surface area contributed by atoms with Crippen LogP contribution in [0.15, 0.2) is 243 Å². The summed E-state index contributed by atoms with van der Waals surface area (Å²) in [5.74, 6) is -1.76. The summed E-state index contributed by atoms with van der Waals surface area (Å²) in [6, 6.07) is 81.4. The van der Waals surface area contributed by atoms with E-state index < -0.39 is 54.8 Å². The van der Waals surface area contributed by atoms with Crippen LogP contribution in [0.1, 0.15) is 44.5 Å². The van der Waals surface area contributed by atoms with E-state index in [2.05, 4.69) is 83.0 Å². The molecule has 85 heavy (non-hydrogen) atoms. The first-order chi connectivity index (χ1) is 42.1. The van der Waals surface area contributed by atoms with Crippen LogP contribution < -0.4 is 5.32 Å². The van der Waals surface area contributed by atoms with Gasteiger partial charge < -0.3 is 57.8 Å². The Hall–Kier alpha value is -6.76. The third kappa shape index (κ3) is 18.6. The molecule has 0 bridgehead atoms. The van der Waals surface area contributed by atoms with Crippen molar-refractivity contribution in [3.63, 3.8) is 0 Å². The topological polar surface area (TPSA) is 128 Å². The normalized spacial score (nSPS) is 22.2. The van der Waals surface area contributed by atoms with Crippen molar-refractivity contribution < 1.29 is 52.5 Å². The number of aliphatic hydroxyl groups is 1. The fourth-order valence-electron chi connectivity index (χ4n) is 10.9. The van der Waals surface area contributed by atoms with E-state index in [-0.39, 0.29) is 66.1 Å². The van der Waals surface area contributed by atoms with Gasteiger partial charge in [0.15, 0.2) is 6.29 Å². The molecule has 0 spiro atoms. The summed E-state index contributed by atoms with van der Waals surface area (Å²) in [5.41, 5.74) is 8.13. The fraction of sp³-hybridized carbons (Fsp3) is 0.333. The Bertz CT molecular complexity index is 3050. The van der Waals surface area contributed by atoms with Crippen LogP contribution in [0.3, 0.4) is 0 Å². The highest BCUT2D eigenvalue weighted by Crippen LogP contribution is 2.43. The number of benzene rings is 8. The Balaban J connectivity index is 1.08. The zero-order chi connectivity index (χ0) is 58.0. The third-order valence-corrected chi connectivity index (χ3v) is 15.2. The molecule has 0 aliphatic carbocycles. The van der Waals surface area contributed by atoms with Gasteiger partial charge in [-0.1, -0.05) is 243 Å². The molecule has 0 aromatic heterocycles. The molecule has 0 radical (unpaired) electrons. The largest absolute Gasteiger partial charge is 0.394 e. The van der Waals surface area contributed by atoms with E-state index in [1.54, 1.807) is 0 Å². The van der Waals surface area contributed by atoms with Gasteiger partial charge in [0.1, 0.15) is 49.3 Å². The number of nitrogens with zero attached hydrogens (tertiary/aromatic N) is 1. The van der Waals surface area contributed by atoms with Crippen LogP contribution in [0.4, 0.5) is 0 Å². The van der Waals surface area contributed by atoms with Gasteiger partial charge in [0.2, 0.25) is 5.79 Å². The second-order valence-corrected chi connectivity index (χ2v) is 21.6. The van der Waals surface area contributed by atoms with Crippen molar-refractivity contribution in [3.05, 3.63) is 287 Å². The molecule has 13 nitrogen and oxygen atoms in total. The second kappa shape index (κ2) is 33.2. The number of rotatable bonds is 34. The van der Waals surface area contributed by atoms with Crippen LogP contribution in [0, 0.1) is 0 Å². The maximum absolute atomic E-state index is 10.0. The van der Waals surface area contributed by atoms with Gasteiger partial charge in [-0.15, -0.1) is 0 Å². The summed E-state index contributed by atoms with van der Waals surface area (Å²) in [4.78, 5) is 2.41. The highest BCUT2D eigenvalue weighted by molar-refractivity contribution is 5.20. The summed E-state index contributed by atoms with van der Waals surface area (Å²) >= 11 is 0. The predicted octanol–water partition coefficient (Wildman–Crippen LogP) is 11.3. The van der Waals surface area contributed by atoms with E-state index in [1.165, 1.54) is 5.56 Å². The first kappa shape index (κ1) is 61.3. The average Bonchev–Trinajstić information content (AvgIpc) is 4.02. The molecular weight excluding hydrogens is 1070 g/mol. The number of hydrogen-bond acceptors (Lipinski definition) is 13. The van der Waals surface area contributed by atoms with Gasteiger partial charge in [-0.3, -0.25) is 4.90 Å². The van der Waals surface area contributed by atoms with Gasteiger partial charge in [0.05, 0.1) is 59.5 Å². The van der Waals surface area contributed by atoms with Crippen molar-refractivity contribution in [3.8, 4) is 0 Å². The fourth-order valence-corrected chi connectivity index (χ4v) is 10.9. The summed E-state index contributed by atoms with van der Waals surface area (Å²) in [5, 5.41) is 13.7. The lowest BCUT2D eigenvalue weighted by atomic mass is 9.96. The third-order valence-electron chi connectivity index (χ3n) is 15.2. The molecule has 13 heteroatoms. The molecule has 0 unspecified atom stereocenters. The van der Waals surface area contributed by atoms with Gasteiger partial charge in [0.25, 0.3) is 0 Å². The number of hydrogen-bond donors (Lipinski definition) is 2. The Morgan fingerprint density at radius 1 is 0.424 bits per heavy atom. The molecule has 2 fully saturated rings. The Labute approximate surface area is 501 Å². The molecule has 2 N–H and O–H groups in total. The molecule has 8 aromatic rings. The van der Waals surface area contributed by atoms with E-state index in [9.17, 15) is 5.11 Å². The monoisotopic (exact) mass is 1150 g/mol. The number of aliphatic hydroxyl groups excluding tert-OH is 1. The number of nitrogens with one attached hydrogen (secondary N) is 1. The lowest BCUT2D eigenvalue weighted by Crippen LogP contribution is -2.65. The summed E-state index contributed by atoms with van der Waals surface area (Å²) in [6.45, 7) is 4.28. The van der Waals surface area contributed by atoms with Gasteiger partial charge in [-0.05, 0) is 44.5 Å². The quantitative estimate of drug-likeness (QED) is 0.0372. The molecule has 2 heterocycles. The maximum atomic E-state index is 10.0. The first-order valence-electron chi connectivity index (χ1n) is 29.7. The van der Waals surface area contributed by atoms with Crippen LogP contribution in [0.2, 0.25) is 0 Å². The zero-order valence-corrected chi connectivity index (χ0v) is 48.3. The molecule has 2 saturated heterocycles. The first-order valence-corrected chi connectivity index (χ1v) is 29.7. The molecule has 10 rings (SSSR count). The van der Waals surface area contributed by atoms with Crippen molar-refractivity contribution in [2.45, 2.75) is 108 Å². The van der Waals surface area contributed by atoms with E-state index in [1.807, 2.05) is 170 Å². The SMILES string of the molecule is OCCOC[C@H]1O[C@@](COCc2ccccc2)(O[C@H]2O[C@H](CN(CCNCc3ccccc3)Cc3ccccc3)[C@@H](OCc3ccccc3)[C@H](OCc3ccccc3)[C@H]2OCc2ccccc2)[C@@H](OCc2ccccc2)[C@@H]1OCc1ccccc1. The van der Waals surface area contributed by atoms with Gasteiger partial charge in [-0.25, -0.2) is 0 Å². The van der Waals surface area contributed by atoms with E-state index >= 15 is 0 Å². The average molecular weight is 1150 g/mol. The molecule has 0 amide bonds. The summed E-state index contributed by atoms with van der Waals surface area (Å²) in [6.07, 6.45) is -6.89. The Morgan fingerprint density at radius 2 is 0.835 bits per heavy atom. The second-order valence-electron chi connectivity index (χ2n) is 21.6. The van der Waals surface area contributed by atoms with E-state index in [0.717, 1.165) is 45.5 Å². The molecule has 0 saturated carbocycles. The minimum atomic E-state index is -1.76.